The van der Waals surface area contributed by atoms with Gasteiger partial charge < -0.3 is 14.5 Å². The predicted molar refractivity (Wildman–Crippen MR) is 127 cm³/mol. The van der Waals surface area contributed by atoms with Gasteiger partial charge in [-0.2, -0.15) is 10.4 Å². The van der Waals surface area contributed by atoms with Crippen LogP contribution in [0.2, 0.25) is 0 Å². The van der Waals surface area contributed by atoms with Gasteiger partial charge in [-0.15, -0.1) is 0 Å². The van der Waals surface area contributed by atoms with E-state index in [2.05, 4.69) is 34.2 Å². The van der Waals surface area contributed by atoms with Crippen molar-refractivity contribution in [2.45, 2.75) is 58.1 Å². The topological polar surface area (TPSA) is 105 Å². The maximum Gasteiger partial charge on any atom is 0.410 e. The molecule has 0 spiro atoms. The maximum absolute atomic E-state index is 12.6. The van der Waals surface area contributed by atoms with Crippen LogP contribution < -0.4 is 4.90 Å². The summed E-state index contributed by atoms with van der Waals surface area (Å²) in [4.78, 5) is 26.0. The average Bonchev–Trinajstić information content (AvgIpc) is 3.44. The number of anilines is 1. The first-order valence-electron chi connectivity index (χ1n) is 11.7. The minimum absolute atomic E-state index is 0.0646. The van der Waals surface area contributed by atoms with Crippen LogP contribution in [0, 0.1) is 11.3 Å². The van der Waals surface area contributed by atoms with E-state index in [1.165, 1.54) is 5.56 Å². The number of aromatic nitrogens is 5. The molecule has 1 amide bonds. The standard InChI is InChI=1S/C24H30N8O2/c1-15-12-30(23(33)34-24(2,3)4)8-9-31(15)21-20-18(16-6-7-16)13-32(22(20)27-14-26-21)19-10-17(11-25)29(5)28-19/h10,13-16H,6-9,12H2,1-5H3/t15-/m0/s1. The third-order valence-electron chi connectivity index (χ3n) is 6.39. The summed E-state index contributed by atoms with van der Waals surface area (Å²) in [5, 5.41) is 14.9. The molecular formula is C24H30N8O2. The van der Waals surface area contributed by atoms with Gasteiger partial charge in [0, 0.05) is 45.0 Å². The van der Waals surface area contributed by atoms with Gasteiger partial charge in [0.05, 0.1) is 5.39 Å². The van der Waals surface area contributed by atoms with Gasteiger partial charge in [0.2, 0.25) is 0 Å². The first-order valence-corrected chi connectivity index (χ1v) is 11.7. The molecule has 4 heterocycles. The van der Waals surface area contributed by atoms with Crippen molar-refractivity contribution in [1.29, 1.82) is 5.26 Å². The average molecular weight is 463 g/mol. The van der Waals surface area contributed by atoms with Crippen LogP contribution in [0.25, 0.3) is 16.9 Å². The van der Waals surface area contributed by atoms with E-state index in [0.29, 0.717) is 37.1 Å². The van der Waals surface area contributed by atoms with Crippen LogP contribution in [0.1, 0.15) is 57.7 Å². The number of carbonyl (C=O) groups excluding carboxylic acids is 1. The Morgan fingerprint density at radius 3 is 2.62 bits per heavy atom. The number of ether oxygens (including phenoxy) is 1. The summed E-state index contributed by atoms with van der Waals surface area (Å²) in [6.07, 6.45) is 5.69. The fraction of sp³-hybridized carbons (Fsp3) is 0.542. The number of rotatable bonds is 3. The van der Waals surface area contributed by atoms with Gasteiger partial charge in [0.25, 0.3) is 0 Å². The smallest absolute Gasteiger partial charge is 0.410 e. The minimum Gasteiger partial charge on any atom is -0.444 e. The van der Waals surface area contributed by atoms with Crippen molar-refractivity contribution in [3.63, 3.8) is 0 Å². The fourth-order valence-corrected chi connectivity index (χ4v) is 4.61. The van der Waals surface area contributed by atoms with Crippen molar-refractivity contribution in [1.82, 2.24) is 29.2 Å². The zero-order valence-corrected chi connectivity index (χ0v) is 20.3. The largest absolute Gasteiger partial charge is 0.444 e. The van der Waals surface area contributed by atoms with Gasteiger partial charge in [-0.1, -0.05) is 0 Å². The van der Waals surface area contributed by atoms with Crippen LogP contribution in [0.4, 0.5) is 10.6 Å². The molecular weight excluding hydrogens is 432 g/mol. The highest BCUT2D eigenvalue weighted by Gasteiger charge is 2.35. The highest BCUT2D eigenvalue weighted by molar-refractivity contribution is 5.93. The van der Waals surface area contributed by atoms with Crippen LogP contribution in [0.5, 0.6) is 0 Å². The van der Waals surface area contributed by atoms with E-state index in [1.54, 1.807) is 29.0 Å². The maximum atomic E-state index is 12.6. The zero-order valence-electron chi connectivity index (χ0n) is 20.3. The van der Waals surface area contributed by atoms with Gasteiger partial charge in [-0.3, -0.25) is 9.25 Å². The molecule has 0 bridgehead atoms. The normalized spacial score (nSPS) is 18.9. The lowest BCUT2D eigenvalue weighted by Crippen LogP contribution is -2.54. The molecule has 1 atom stereocenters. The minimum atomic E-state index is -0.519. The van der Waals surface area contributed by atoms with Crippen molar-refractivity contribution < 1.29 is 9.53 Å². The van der Waals surface area contributed by atoms with Gasteiger partial charge in [0.15, 0.2) is 11.5 Å². The summed E-state index contributed by atoms with van der Waals surface area (Å²) in [5.74, 6) is 2.04. The number of amides is 1. The predicted octanol–water partition coefficient (Wildman–Crippen LogP) is 3.35. The van der Waals surface area contributed by atoms with Crippen LogP contribution in [0.15, 0.2) is 18.6 Å². The molecule has 2 aliphatic rings. The lowest BCUT2D eigenvalue weighted by Gasteiger charge is -2.41. The second-order valence-corrected chi connectivity index (χ2v) is 10.2. The summed E-state index contributed by atoms with van der Waals surface area (Å²) >= 11 is 0. The van der Waals surface area contributed by atoms with E-state index in [1.807, 2.05) is 25.3 Å². The lowest BCUT2D eigenvalue weighted by molar-refractivity contribution is 0.0218. The molecule has 5 rings (SSSR count). The Labute approximate surface area is 198 Å². The fourth-order valence-electron chi connectivity index (χ4n) is 4.61. The Bertz CT molecular complexity index is 1290. The summed E-state index contributed by atoms with van der Waals surface area (Å²) in [7, 11) is 1.77. The van der Waals surface area contributed by atoms with Crippen LogP contribution in [-0.2, 0) is 11.8 Å². The Morgan fingerprint density at radius 2 is 2.00 bits per heavy atom. The van der Waals surface area contributed by atoms with Gasteiger partial charge in [-0.05, 0) is 52.0 Å². The van der Waals surface area contributed by atoms with Crippen molar-refractivity contribution in [2.75, 3.05) is 24.5 Å². The third-order valence-corrected chi connectivity index (χ3v) is 6.39. The molecule has 3 aromatic rings. The quantitative estimate of drug-likeness (QED) is 0.588. The second kappa shape index (κ2) is 8.01. The number of carbonyl (C=O) groups is 1. The van der Waals surface area contributed by atoms with E-state index >= 15 is 0 Å². The van der Waals surface area contributed by atoms with E-state index in [0.717, 1.165) is 29.7 Å². The first kappa shape index (κ1) is 22.2. The number of hydrogen-bond donors (Lipinski definition) is 0. The molecule has 0 unspecified atom stereocenters. The molecule has 0 radical (unpaired) electrons. The van der Waals surface area contributed by atoms with Gasteiger partial charge >= 0.3 is 6.09 Å². The molecule has 10 nitrogen and oxygen atoms in total. The Hall–Kier alpha value is -3.61. The Kier molecular flexibility index (Phi) is 5.23. The molecule has 0 aromatic carbocycles. The molecule has 1 saturated carbocycles. The molecule has 3 aromatic heterocycles. The van der Waals surface area contributed by atoms with Crippen molar-refractivity contribution >= 4 is 22.9 Å². The Balaban J connectivity index is 1.51. The van der Waals surface area contributed by atoms with E-state index in [9.17, 15) is 10.1 Å². The highest BCUT2D eigenvalue weighted by atomic mass is 16.6. The number of hydrogen-bond acceptors (Lipinski definition) is 7. The number of nitrogens with zero attached hydrogens (tertiary/aromatic N) is 8. The molecule has 1 aliphatic carbocycles. The number of aryl methyl sites for hydroxylation is 1. The number of piperazine rings is 1. The Morgan fingerprint density at radius 1 is 1.24 bits per heavy atom. The summed E-state index contributed by atoms with van der Waals surface area (Å²) in [6.45, 7) is 9.54. The SMILES string of the molecule is C[C@H]1CN(C(=O)OC(C)(C)C)CCN1c1ncnc2c1c(C1CC1)cn2-c1cc(C#N)n(C)n1. The van der Waals surface area contributed by atoms with Crippen LogP contribution in [-0.4, -0.2) is 66.6 Å². The second-order valence-electron chi connectivity index (χ2n) is 10.2. The van der Waals surface area contributed by atoms with Crippen molar-refractivity contribution in [3.8, 4) is 11.9 Å². The van der Waals surface area contributed by atoms with Gasteiger partial charge in [-0.25, -0.2) is 14.8 Å². The first-order chi connectivity index (χ1) is 16.2. The molecule has 1 aliphatic heterocycles. The lowest BCUT2D eigenvalue weighted by atomic mass is 10.1. The van der Waals surface area contributed by atoms with E-state index < -0.39 is 5.60 Å². The number of fused-ring (bicyclic) bond motifs is 1. The molecule has 10 heteroatoms. The molecule has 1 saturated heterocycles. The molecule has 34 heavy (non-hydrogen) atoms. The van der Waals surface area contributed by atoms with E-state index in [-0.39, 0.29) is 12.1 Å². The van der Waals surface area contributed by atoms with Crippen LogP contribution in [0.3, 0.4) is 0 Å². The summed E-state index contributed by atoms with van der Waals surface area (Å²) in [5.41, 5.74) is 1.98. The van der Waals surface area contributed by atoms with Crippen molar-refractivity contribution in [2.24, 2.45) is 7.05 Å². The monoisotopic (exact) mass is 462 g/mol. The third kappa shape index (κ3) is 3.95. The van der Waals surface area contributed by atoms with Crippen LogP contribution >= 0.6 is 0 Å². The van der Waals surface area contributed by atoms with Crippen molar-refractivity contribution in [3.05, 3.63) is 29.8 Å². The molecule has 0 N–H and O–H groups in total. The highest BCUT2D eigenvalue weighted by Crippen LogP contribution is 2.46. The zero-order chi connectivity index (χ0) is 24.2. The summed E-state index contributed by atoms with van der Waals surface area (Å²) in [6, 6.07) is 4.02. The van der Waals surface area contributed by atoms with Gasteiger partial charge in [0.1, 0.15) is 29.5 Å². The number of nitriles is 1. The summed E-state index contributed by atoms with van der Waals surface area (Å²) < 4.78 is 9.13. The molecule has 2 fully saturated rings. The molecule has 178 valence electrons. The van der Waals surface area contributed by atoms with E-state index in [4.69, 9.17) is 9.72 Å².